The van der Waals surface area contributed by atoms with Crippen LogP contribution in [-0.2, 0) is 16.1 Å². The highest BCUT2D eigenvalue weighted by Crippen LogP contribution is 2.13. The first kappa shape index (κ1) is 11.6. The van der Waals surface area contributed by atoms with Crippen LogP contribution < -0.4 is 5.32 Å². The van der Waals surface area contributed by atoms with Gasteiger partial charge in [0.2, 0.25) is 0 Å². The van der Waals surface area contributed by atoms with Crippen molar-refractivity contribution in [2.45, 2.75) is 32.4 Å². The third kappa shape index (κ3) is 2.72. The monoisotopic (exact) mass is 213 g/mol. The van der Waals surface area contributed by atoms with E-state index in [-0.39, 0.29) is 12.5 Å². The zero-order chi connectivity index (χ0) is 11.3. The number of hydrogen-bond acceptors (Lipinski definition) is 5. The Labute approximate surface area is 87.6 Å². The minimum Gasteiger partial charge on any atom is -0.369 e. The molecule has 0 saturated heterocycles. The molecule has 7 nitrogen and oxygen atoms in total. The van der Waals surface area contributed by atoms with Gasteiger partial charge in [-0.25, -0.2) is 0 Å². The van der Waals surface area contributed by atoms with Crippen LogP contribution in [0.2, 0.25) is 0 Å². The van der Waals surface area contributed by atoms with Gasteiger partial charge in [-0.15, -0.1) is 10.2 Å². The molecule has 1 aromatic heterocycles. The number of carbonyl (C=O) groups is 1. The second-order valence-electron chi connectivity index (χ2n) is 3.30. The van der Waals surface area contributed by atoms with Crippen LogP contribution in [0.3, 0.4) is 0 Å². The summed E-state index contributed by atoms with van der Waals surface area (Å²) in [6.45, 7) is 3.87. The molecule has 84 valence electrons. The van der Waals surface area contributed by atoms with Crippen LogP contribution in [0.1, 0.15) is 26.1 Å². The number of hydrogen-bond donors (Lipinski definition) is 2. The van der Waals surface area contributed by atoms with Crippen LogP contribution in [0.5, 0.6) is 0 Å². The number of methoxy groups -OCH3 is 1. The fourth-order valence-electron chi connectivity index (χ4n) is 1.00. The predicted octanol–water partition coefficient (Wildman–Crippen LogP) is -0.369. The number of aromatic nitrogens is 4. The average molecular weight is 213 g/mol. The maximum Gasteiger partial charge on any atom is 0.252 e. The minimum atomic E-state index is -0.802. The minimum absolute atomic E-state index is 0.183. The van der Waals surface area contributed by atoms with Gasteiger partial charge in [0, 0.05) is 7.11 Å². The summed E-state index contributed by atoms with van der Waals surface area (Å²) in [5, 5.41) is 15.8. The van der Waals surface area contributed by atoms with E-state index >= 15 is 0 Å². The molecule has 1 aromatic rings. The molecule has 1 amide bonds. The summed E-state index contributed by atoms with van der Waals surface area (Å²) < 4.78 is 5.14. The SMILES string of the molecule is CCC(C)(OC)C(=O)NCc1nn[nH]n1. The highest BCUT2D eigenvalue weighted by molar-refractivity contribution is 5.84. The Bertz CT molecular complexity index is 307. The molecule has 7 heteroatoms. The Balaban J connectivity index is 2.48. The molecule has 0 aliphatic heterocycles. The molecule has 2 N–H and O–H groups in total. The molecule has 0 bridgehead atoms. The number of H-pyrrole nitrogens is 1. The molecule has 0 spiro atoms. The topological polar surface area (TPSA) is 92.8 Å². The van der Waals surface area contributed by atoms with E-state index in [0.717, 1.165) is 0 Å². The van der Waals surface area contributed by atoms with E-state index in [9.17, 15) is 4.79 Å². The van der Waals surface area contributed by atoms with E-state index < -0.39 is 5.60 Å². The van der Waals surface area contributed by atoms with Crippen molar-refractivity contribution in [2.24, 2.45) is 0 Å². The van der Waals surface area contributed by atoms with Gasteiger partial charge >= 0.3 is 0 Å². The van der Waals surface area contributed by atoms with Crippen LogP contribution in [0.15, 0.2) is 0 Å². The normalized spacial score (nSPS) is 14.6. The van der Waals surface area contributed by atoms with Crippen LogP contribution in [0.4, 0.5) is 0 Å². The molecular formula is C8H15N5O2. The second kappa shape index (κ2) is 4.83. The Morgan fingerprint density at radius 2 is 2.40 bits per heavy atom. The lowest BCUT2D eigenvalue weighted by Crippen LogP contribution is -2.45. The van der Waals surface area contributed by atoms with E-state index in [1.807, 2.05) is 6.92 Å². The zero-order valence-electron chi connectivity index (χ0n) is 9.07. The molecule has 1 heterocycles. The van der Waals surface area contributed by atoms with E-state index in [0.29, 0.717) is 12.2 Å². The van der Waals surface area contributed by atoms with Gasteiger partial charge in [-0.2, -0.15) is 5.21 Å². The van der Waals surface area contributed by atoms with Crippen LogP contribution in [0.25, 0.3) is 0 Å². The standard InChI is InChI=1S/C8H15N5O2/c1-4-8(2,15-3)7(14)9-5-6-10-12-13-11-6/h4-5H2,1-3H3,(H,9,14)(H,10,11,12,13). The maximum absolute atomic E-state index is 11.7. The van der Waals surface area contributed by atoms with Gasteiger partial charge in [0.15, 0.2) is 5.82 Å². The lowest BCUT2D eigenvalue weighted by Gasteiger charge is -2.24. The number of amides is 1. The summed E-state index contributed by atoms with van der Waals surface area (Å²) in [7, 11) is 1.51. The molecule has 0 fully saturated rings. The lowest BCUT2D eigenvalue weighted by atomic mass is 10.0. The van der Waals surface area contributed by atoms with Crippen LogP contribution in [0, 0.1) is 0 Å². The van der Waals surface area contributed by atoms with Gasteiger partial charge in [0.05, 0.1) is 6.54 Å². The summed E-state index contributed by atoms with van der Waals surface area (Å²) in [5.74, 6) is 0.259. The molecular weight excluding hydrogens is 198 g/mol. The molecule has 1 rings (SSSR count). The van der Waals surface area contributed by atoms with Gasteiger partial charge in [0.25, 0.3) is 5.91 Å². The fourth-order valence-corrected chi connectivity index (χ4v) is 1.00. The number of rotatable bonds is 5. The van der Waals surface area contributed by atoms with Gasteiger partial charge in [0.1, 0.15) is 5.60 Å². The molecule has 0 saturated carbocycles. The quantitative estimate of drug-likeness (QED) is 0.696. The maximum atomic E-state index is 11.7. The van der Waals surface area contributed by atoms with Crippen molar-refractivity contribution in [2.75, 3.05) is 7.11 Å². The van der Waals surface area contributed by atoms with Crippen molar-refractivity contribution in [3.05, 3.63) is 5.82 Å². The summed E-state index contributed by atoms with van der Waals surface area (Å²) >= 11 is 0. The van der Waals surface area contributed by atoms with Gasteiger partial charge in [-0.3, -0.25) is 4.79 Å². The summed E-state index contributed by atoms with van der Waals surface area (Å²) in [6, 6.07) is 0. The first-order valence-corrected chi connectivity index (χ1v) is 4.68. The van der Waals surface area contributed by atoms with Crippen molar-refractivity contribution >= 4 is 5.91 Å². The molecule has 0 aromatic carbocycles. The van der Waals surface area contributed by atoms with Crippen LogP contribution in [-0.4, -0.2) is 39.2 Å². The number of ether oxygens (including phenoxy) is 1. The molecule has 0 radical (unpaired) electrons. The molecule has 0 aliphatic rings. The third-order valence-electron chi connectivity index (χ3n) is 2.40. The third-order valence-corrected chi connectivity index (χ3v) is 2.40. The van der Waals surface area contributed by atoms with Crippen molar-refractivity contribution in [1.29, 1.82) is 0 Å². The number of aromatic amines is 1. The number of tetrazole rings is 1. The smallest absolute Gasteiger partial charge is 0.252 e. The van der Waals surface area contributed by atoms with Gasteiger partial charge < -0.3 is 10.1 Å². The average Bonchev–Trinajstić information content (AvgIpc) is 2.77. The Kier molecular flexibility index (Phi) is 3.73. The Morgan fingerprint density at radius 1 is 1.67 bits per heavy atom. The van der Waals surface area contributed by atoms with Crippen molar-refractivity contribution in [3.63, 3.8) is 0 Å². The van der Waals surface area contributed by atoms with E-state index in [4.69, 9.17) is 4.74 Å². The molecule has 1 atom stereocenters. The van der Waals surface area contributed by atoms with E-state index in [2.05, 4.69) is 25.9 Å². The summed E-state index contributed by atoms with van der Waals surface area (Å²) in [5.41, 5.74) is -0.802. The number of nitrogens with zero attached hydrogens (tertiary/aromatic N) is 3. The van der Waals surface area contributed by atoms with Gasteiger partial charge in [-0.1, -0.05) is 12.1 Å². The molecule has 0 aliphatic carbocycles. The summed E-state index contributed by atoms with van der Waals surface area (Å²) in [4.78, 5) is 11.7. The lowest BCUT2D eigenvalue weighted by molar-refractivity contribution is -0.142. The molecule has 1 unspecified atom stereocenters. The van der Waals surface area contributed by atoms with Crippen LogP contribution >= 0.6 is 0 Å². The predicted molar refractivity (Wildman–Crippen MR) is 51.7 cm³/mol. The largest absolute Gasteiger partial charge is 0.369 e. The first-order chi connectivity index (χ1) is 7.12. The van der Waals surface area contributed by atoms with Crippen molar-refractivity contribution < 1.29 is 9.53 Å². The highest BCUT2D eigenvalue weighted by atomic mass is 16.5. The summed E-state index contributed by atoms with van der Waals surface area (Å²) in [6.07, 6.45) is 0.599. The number of nitrogens with one attached hydrogen (secondary N) is 2. The highest BCUT2D eigenvalue weighted by Gasteiger charge is 2.30. The molecule has 15 heavy (non-hydrogen) atoms. The van der Waals surface area contributed by atoms with Crippen molar-refractivity contribution in [3.8, 4) is 0 Å². The first-order valence-electron chi connectivity index (χ1n) is 4.68. The second-order valence-corrected chi connectivity index (χ2v) is 3.30. The fraction of sp³-hybridized carbons (Fsp3) is 0.750. The van der Waals surface area contributed by atoms with E-state index in [1.165, 1.54) is 7.11 Å². The van der Waals surface area contributed by atoms with Gasteiger partial charge in [-0.05, 0) is 13.3 Å². The Hall–Kier alpha value is -1.50. The zero-order valence-corrected chi connectivity index (χ0v) is 9.07. The van der Waals surface area contributed by atoms with E-state index in [1.54, 1.807) is 6.92 Å². The van der Waals surface area contributed by atoms with Crippen molar-refractivity contribution in [1.82, 2.24) is 25.9 Å². The number of carbonyl (C=O) groups excluding carboxylic acids is 1. The Morgan fingerprint density at radius 3 is 2.87 bits per heavy atom.